The first-order valence-electron chi connectivity index (χ1n) is 11.3. The Hall–Kier alpha value is -2.60. The molecule has 7 nitrogen and oxygen atoms in total. The van der Waals surface area contributed by atoms with E-state index in [1.54, 1.807) is 26.6 Å². The lowest BCUT2D eigenvalue weighted by Gasteiger charge is -2.32. The molecule has 0 unspecified atom stereocenters. The summed E-state index contributed by atoms with van der Waals surface area (Å²) < 4.78 is 18.4. The third kappa shape index (κ3) is 5.38. The molecule has 0 fully saturated rings. The number of halogens is 1. The molecule has 0 amide bonds. The Morgan fingerprint density at radius 1 is 1.12 bits per heavy atom. The predicted molar refractivity (Wildman–Crippen MR) is 141 cm³/mol. The van der Waals surface area contributed by atoms with Crippen LogP contribution in [0.25, 0.3) is 0 Å². The Labute approximate surface area is 206 Å². The first-order valence-corrected chi connectivity index (χ1v) is 14.3. The Kier molecular flexibility index (Phi) is 7.17. The van der Waals surface area contributed by atoms with Crippen LogP contribution in [0.2, 0.25) is 5.02 Å². The number of anilines is 4. The molecule has 0 atom stereocenters. The minimum absolute atomic E-state index is 0.368. The largest absolute Gasteiger partial charge is 0.495 e. The highest BCUT2D eigenvalue weighted by Crippen LogP contribution is 2.39. The van der Waals surface area contributed by atoms with Gasteiger partial charge in [0.1, 0.15) is 17.9 Å². The number of para-hydroxylation sites is 1. The Morgan fingerprint density at radius 3 is 2.59 bits per heavy atom. The van der Waals surface area contributed by atoms with Crippen LogP contribution in [0.15, 0.2) is 42.6 Å². The topological polar surface area (TPSA) is 79.4 Å². The maximum Gasteiger partial charge on any atom is 0.229 e. The fourth-order valence-electron chi connectivity index (χ4n) is 4.13. The van der Waals surface area contributed by atoms with Crippen molar-refractivity contribution in [3.8, 4) is 5.75 Å². The molecule has 1 aliphatic heterocycles. The fourth-order valence-corrected chi connectivity index (χ4v) is 5.42. The molecule has 3 aromatic rings. The van der Waals surface area contributed by atoms with Crippen molar-refractivity contribution in [2.24, 2.45) is 0 Å². The molecule has 0 aliphatic carbocycles. The van der Waals surface area contributed by atoms with Crippen molar-refractivity contribution in [3.05, 3.63) is 58.7 Å². The lowest BCUT2D eigenvalue weighted by atomic mass is 9.97. The first kappa shape index (κ1) is 24.5. The molecule has 1 aliphatic rings. The second-order valence-electron chi connectivity index (χ2n) is 9.14. The maximum absolute atomic E-state index is 12.7. The van der Waals surface area contributed by atoms with E-state index in [4.69, 9.17) is 16.3 Å². The van der Waals surface area contributed by atoms with Crippen molar-refractivity contribution in [2.45, 2.75) is 32.9 Å². The Bertz CT molecular complexity index is 1240. The Balaban J connectivity index is 1.64. The first-order chi connectivity index (χ1) is 16.2. The van der Waals surface area contributed by atoms with Gasteiger partial charge in [-0.05, 0) is 69.0 Å². The molecule has 0 radical (unpaired) electrons. The highest BCUT2D eigenvalue weighted by molar-refractivity contribution is 7.70. The van der Waals surface area contributed by atoms with Gasteiger partial charge in [-0.2, -0.15) is 4.98 Å². The number of methoxy groups -OCH3 is 1. The zero-order valence-corrected chi connectivity index (χ0v) is 21.9. The highest BCUT2D eigenvalue weighted by Gasteiger charge is 2.21. The van der Waals surface area contributed by atoms with Gasteiger partial charge < -0.3 is 19.9 Å². The summed E-state index contributed by atoms with van der Waals surface area (Å²) in [6.07, 6.45) is 2.54. The number of rotatable bonds is 7. The molecule has 0 saturated heterocycles. The maximum atomic E-state index is 12.7. The summed E-state index contributed by atoms with van der Waals surface area (Å²) in [4.78, 5) is 11.4. The van der Waals surface area contributed by atoms with Crippen LogP contribution in [-0.2, 0) is 17.5 Å². The van der Waals surface area contributed by atoms with Crippen molar-refractivity contribution >= 4 is 47.2 Å². The summed E-state index contributed by atoms with van der Waals surface area (Å²) in [5, 5.41) is 7.64. The van der Waals surface area contributed by atoms with Crippen molar-refractivity contribution in [2.75, 3.05) is 37.6 Å². The third-order valence-electron chi connectivity index (χ3n) is 6.02. The smallest absolute Gasteiger partial charge is 0.229 e. The van der Waals surface area contributed by atoms with E-state index in [1.165, 1.54) is 11.1 Å². The highest BCUT2D eigenvalue weighted by atomic mass is 35.5. The standard InChI is InChI=1S/C25H31ClN5O2P/c1-16(2)31-11-10-17-13-22(33-3)21(12-18(17)15-31)29-25-27-14-19(26)24(30-25)28-20-8-6-7-9-23(20)34(4,5)32/h6-9,12-14,16H,10-11,15H2,1-5H3,(H2,27,28,29,30). The van der Waals surface area contributed by atoms with Gasteiger partial charge in [-0.3, -0.25) is 4.90 Å². The number of nitrogens with zero attached hydrogens (tertiary/aromatic N) is 3. The molecule has 4 rings (SSSR count). The lowest BCUT2D eigenvalue weighted by Crippen LogP contribution is -2.35. The SMILES string of the molecule is COc1cc2c(cc1Nc1ncc(Cl)c(Nc3ccccc3P(C)(C)=O)n1)CN(C(C)C)CC2. The number of hydrogen-bond acceptors (Lipinski definition) is 7. The van der Waals surface area contributed by atoms with E-state index in [9.17, 15) is 4.57 Å². The van der Waals surface area contributed by atoms with Gasteiger partial charge in [0.15, 0.2) is 5.82 Å². The van der Waals surface area contributed by atoms with Gasteiger partial charge in [0.25, 0.3) is 0 Å². The van der Waals surface area contributed by atoms with E-state index < -0.39 is 7.14 Å². The van der Waals surface area contributed by atoms with Crippen LogP contribution in [0.3, 0.4) is 0 Å². The number of hydrogen-bond donors (Lipinski definition) is 2. The van der Waals surface area contributed by atoms with Crippen LogP contribution in [0, 0.1) is 0 Å². The molecule has 2 heterocycles. The number of fused-ring (bicyclic) bond motifs is 1. The molecule has 1 aromatic heterocycles. The van der Waals surface area contributed by atoms with Gasteiger partial charge in [-0.25, -0.2) is 4.98 Å². The summed E-state index contributed by atoms with van der Waals surface area (Å²) in [6.45, 7) is 9.86. The minimum Gasteiger partial charge on any atom is -0.495 e. The second kappa shape index (κ2) is 9.95. The molecule has 0 bridgehead atoms. The quantitative estimate of drug-likeness (QED) is 0.407. The number of aromatic nitrogens is 2. The summed E-state index contributed by atoms with van der Waals surface area (Å²) in [5.74, 6) is 1.56. The van der Waals surface area contributed by atoms with Crippen molar-refractivity contribution in [3.63, 3.8) is 0 Å². The van der Waals surface area contributed by atoms with E-state index in [1.807, 2.05) is 24.3 Å². The molecule has 2 N–H and O–H groups in total. The number of ether oxygens (including phenoxy) is 1. The second-order valence-corrected chi connectivity index (χ2v) is 12.7. The van der Waals surface area contributed by atoms with Crippen LogP contribution in [0.1, 0.15) is 25.0 Å². The van der Waals surface area contributed by atoms with E-state index >= 15 is 0 Å². The molecular formula is C25H31ClN5O2P. The van der Waals surface area contributed by atoms with E-state index in [0.29, 0.717) is 28.5 Å². The van der Waals surface area contributed by atoms with Gasteiger partial charge in [0.05, 0.1) is 24.7 Å². The van der Waals surface area contributed by atoms with Crippen LogP contribution < -0.4 is 20.7 Å². The average molecular weight is 500 g/mol. The summed E-state index contributed by atoms with van der Waals surface area (Å²) in [6, 6.07) is 12.2. The van der Waals surface area contributed by atoms with Crippen LogP contribution >= 0.6 is 18.7 Å². The summed E-state index contributed by atoms with van der Waals surface area (Å²) >= 11 is 6.40. The molecule has 0 spiro atoms. The van der Waals surface area contributed by atoms with Crippen LogP contribution in [-0.4, -0.2) is 47.9 Å². The van der Waals surface area contributed by atoms with Gasteiger partial charge in [-0.1, -0.05) is 23.7 Å². The van der Waals surface area contributed by atoms with Crippen LogP contribution in [0.4, 0.5) is 23.1 Å². The van der Waals surface area contributed by atoms with Crippen molar-refractivity contribution in [1.29, 1.82) is 0 Å². The molecule has 0 saturated carbocycles. The van der Waals surface area contributed by atoms with Gasteiger partial charge in [0, 0.05) is 24.4 Å². The average Bonchev–Trinajstić information content (AvgIpc) is 2.80. The van der Waals surface area contributed by atoms with E-state index in [2.05, 4.69) is 51.5 Å². The van der Waals surface area contributed by atoms with E-state index in [-0.39, 0.29) is 0 Å². The normalized spacial score (nSPS) is 14.1. The van der Waals surface area contributed by atoms with E-state index in [0.717, 1.165) is 36.3 Å². The Morgan fingerprint density at radius 2 is 1.88 bits per heavy atom. The summed E-state index contributed by atoms with van der Waals surface area (Å²) in [7, 11) is -0.831. The number of nitrogens with one attached hydrogen (secondary N) is 2. The van der Waals surface area contributed by atoms with Gasteiger partial charge >= 0.3 is 0 Å². The lowest BCUT2D eigenvalue weighted by molar-refractivity contribution is 0.203. The molecule has 34 heavy (non-hydrogen) atoms. The third-order valence-corrected chi connectivity index (χ3v) is 7.85. The molecular weight excluding hydrogens is 469 g/mol. The monoisotopic (exact) mass is 499 g/mol. The van der Waals surface area contributed by atoms with Crippen molar-refractivity contribution < 1.29 is 9.30 Å². The molecule has 2 aromatic carbocycles. The molecule has 180 valence electrons. The van der Waals surface area contributed by atoms with Crippen LogP contribution in [0.5, 0.6) is 5.75 Å². The summed E-state index contributed by atoms with van der Waals surface area (Å²) in [5.41, 5.74) is 4.08. The molecule has 9 heteroatoms. The van der Waals surface area contributed by atoms with Gasteiger partial charge in [-0.15, -0.1) is 0 Å². The van der Waals surface area contributed by atoms with Crippen molar-refractivity contribution in [1.82, 2.24) is 14.9 Å². The zero-order chi connectivity index (χ0) is 24.5. The fraction of sp³-hybridized carbons (Fsp3) is 0.360. The number of benzene rings is 2. The zero-order valence-electron chi connectivity index (χ0n) is 20.2. The minimum atomic E-state index is -2.49. The predicted octanol–water partition coefficient (Wildman–Crippen LogP) is 5.64. The van der Waals surface area contributed by atoms with Gasteiger partial charge in [0.2, 0.25) is 5.95 Å².